The van der Waals surface area contributed by atoms with Gasteiger partial charge in [0.1, 0.15) is 10.7 Å². The van der Waals surface area contributed by atoms with Crippen LogP contribution in [0.4, 0.5) is 10.5 Å². The largest absolute Gasteiger partial charge is 0.497 e. The Hall–Kier alpha value is -3.39. The molecule has 2 aliphatic rings. The summed E-state index contributed by atoms with van der Waals surface area (Å²) in [6, 6.07) is 11.3. The highest BCUT2D eigenvalue weighted by Crippen LogP contribution is 2.33. The maximum atomic E-state index is 13.0. The first-order valence-corrected chi connectivity index (χ1v) is 8.43. The Morgan fingerprint density at radius 2 is 1.85 bits per heavy atom. The molecule has 1 saturated heterocycles. The molecule has 0 saturated carbocycles. The number of benzene rings is 2. The number of nitrogens with zero attached hydrogens (tertiary/aromatic N) is 1. The topological polar surface area (TPSA) is 77.1 Å². The Morgan fingerprint density at radius 3 is 2.59 bits per heavy atom. The van der Waals surface area contributed by atoms with Crippen LogP contribution in [0.3, 0.4) is 0 Å². The summed E-state index contributed by atoms with van der Waals surface area (Å²) in [5.74, 6) is 1.35. The van der Waals surface area contributed by atoms with E-state index in [-0.39, 0.29) is 17.4 Å². The SMILES string of the molecule is COc1ccc(N2C(=O)NC(=S)/C(=C\c3ccc4c(c3)OCO4)C2=O)cc1. The molecule has 8 heteroatoms. The molecule has 3 amide bonds. The second-order valence-electron chi connectivity index (χ2n) is 5.77. The van der Waals surface area contributed by atoms with Crippen LogP contribution >= 0.6 is 12.2 Å². The summed E-state index contributed by atoms with van der Waals surface area (Å²) in [6.45, 7) is 0.161. The van der Waals surface area contributed by atoms with Gasteiger partial charge in [0, 0.05) is 0 Å². The zero-order chi connectivity index (χ0) is 19.0. The Bertz CT molecular complexity index is 984. The van der Waals surface area contributed by atoms with E-state index in [1.165, 1.54) is 0 Å². The molecular formula is C19H14N2O5S. The molecule has 0 aromatic heterocycles. The number of rotatable bonds is 3. The van der Waals surface area contributed by atoms with E-state index in [4.69, 9.17) is 26.4 Å². The molecule has 136 valence electrons. The molecule has 1 N–H and O–H groups in total. The van der Waals surface area contributed by atoms with Crippen molar-refractivity contribution in [3.05, 3.63) is 53.6 Å². The molecule has 2 aromatic carbocycles. The van der Waals surface area contributed by atoms with E-state index < -0.39 is 11.9 Å². The number of thiocarbonyl (C=S) groups is 1. The monoisotopic (exact) mass is 382 g/mol. The lowest BCUT2D eigenvalue weighted by Crippen LogP contribution is -2.53. The smallest absolute Gasteiger partial charge is 0.334 e. The maximum Gasteiger partial charge on any atom is 0.334 e. The van der Waals surface area contributed by atoms with Crippen molar-refractivity contribution in [3.63, 3.8) is 0 Å². The van der Waals surface area contributed by atoms with E-state index in [9.17, 15) is 9.59 Å². The van der Waals surface area contributed by atoms with Crippen LogP contribution in [0.15, 0.2) is 48.0 Å². The number of fused-ring (bicyclic) bond motifs is 1. The normalized spacial score (nSPS) is 17.3. The Kier molecular flexibility index (Phi) is 4.25. The minimum atomic E-state index is -0.599. The number of hydrogen-bond donors (Lipinski definition) is 1. The van der Waals surface area contributed by atoms with E-state index in [1.807, 2.05) is 0 Å². The van der Waals surface area contributed by atoms with Gasteiger partial charge in [-0.1, -0.05) is 18.3 Å². The van der Waals surface area contributed by atoms with Gasteiger partial charge in [-0.3, -0.25) is 10.1 Å². The van der Waals surface area contributed by atoms with Gasteiger partial charge in [0.05, 0.1) is 18.4 Å². The van der Waals surface area contributed by atoms with Crippen molar-refractivity contribution in [2.45, 2.75) is 0 Å². The summed E-state index contributed by atoms with van der Waals surface area (Å²) < 4.78 is 15.7. The minimum Gasteiger partial charge on any atom is -0.497 e. The highest BCUT2D eigenvalue weighted by molar-refractivity contribution is 7.81. The third-order valence-corrected chi connectivity index (χ3v) is 4.46. The van der Waals surface area contributed by atoms with Gasteiger partial charge < -0.3 is 14.2 Å². The molecule has 1 fully saturated rings. The highest BCUT2D eigenvalue weighted by atomic mass is 32.1. The van der Waals surface area contributed by atoms with Crippen LogP contribution in [0.1, 0.15) is 5.56 Å². The number of carbonyl (C=O) groups excluding carboxylic acids is 2. The Labute approximate surface area is 160 Å². The fraction of sp³-hybridized carbons (Fsp3) is 0.105. The van der Waals surface area contributed by atoms with Crippen molar-refractivity contribution in [3.8, 4) is 17.2 Å². The first kappa shape index (κ1) is 17.0. The summed E-state index contributed by atoms with van der Waals surface area (Å²) >= 11 is 5.20. The Morgan fingerprint density at radius 1 is 1.11 bits per heavy atom. The lowest BCUT2D eigenvalue weighted by atomic mass is 10.1. The first-order valence-electron chi connectivity index (χ1n) is 8.02. The second-order valence-corrected chi connectivity index (χ2v) is 6.18. The second kappa shape index (κ2) is 6.73. The molecule has 4 rings (SSSR count). The zero-order valence-corrected chi connectivity index (χ0v) is 15.0. The number of anilines is 1. The lowest BCUT2D eigenvalue weighted by molar-refractivity contribution is -0.114. The molecule has 0 spiro atoms. The van der Waals surface area contributed by atoms with Gasteiger partial charge >= 0.3 is 6.03 Å². The van der Waals surface area contributed by atoms with Gasteiger partial charge in [0.2, 0.25) is 6.79 Å². The maximum absolute atomic E-state index is 13.0. The molecule has 2 heterocycles. The molecular weight excluding hydrogens is 368 g/mol. The van der Waals surface area contributed by atoms with Crippen molar-refractivity contribution in [2.24, 2.45) is 0 Å². The molecule has 27 heavy (non-hydrogen) atoms. The fourth-order valence-corrected chi connectivity index (χ4v) is 3.03. The van der Waals surface area contributed by atoms with Crippen LogP contribution in [0.5, 0.6) is 17.2 Å². The molecule has 0 aliphatic carbocycles. The van der Waals surface area contributed by atoms with Gasteiger partial charge in [-0.25, -0.2) is 9.69 Å². The number of imide groups is 1. The van der Waals surface area contributed by atoms with E-state index in [0.29, 0.717) is 28.5 Å². The molecule has 0 bridgehead atoms. The van der Waals surface area contributed by atoms with Gasteiger partial charge in [0.25, 0.3) is 5.91 Å². The van der Waals surface area contributed by atoms with Gasteiger partial charge in [-0.15, -0.1) is 0 Å². The van der Waals surface area contributed by atoms with Crippen molar-refractivity contribution < 1.29 is 23.8 Å². The lowest BCUT2D eigenvalue weighted by Gasteiger charge is -2.28. The van der Waals surface area contributed by atoms with E-state index in [1.54, 1.807) is 55.7 Å². The van der Waals surface area contributed by atoms with Crippen molar-refractivity contribution in [1.82, 2.24) is 5.32 Å². The number of carbonyl (C=O) groups is 2. The van der Waals surface area contributed by atoms with Crippen molar-refractivity contribution >= 4 is 40.9 Å². The zero-order valence-electron chi connectivity index (χ0n) is 14.2. The van der Waals surface area contributed by atoms with Gasteiger partial charge in [-0.05, 0) is 48.0 Å². The average molecular weight is 382 g/mol. The molecule has 0 unspecified atom stereocenters. The number of urea groups is 1. The molecule has 2 aliphatic heterocycles. The minimum absolute atomic E-state index is 0.0763. The van der Waals surface area contributed by atoms with Crippen LogP contribution in [-0.2, 0) is 4.79 Å². The summed E-state index contributed by atoms with van der Waals surface area (Å²) in [4.78, 5) is 26.4. The van der Waals surface area contributed by atoms with Crippen LogP contribution in [0.25, 0.3) is 6.08 Å². The predicted molar refractivity (Wildman–Crippen MR) is 102 cm³/mol. The van der Waals surface area contributed by atoms with Crippen LogP contribution in [0, 0.1) is 0 Å². The average Bonchev–Trinajstić information content (AvgIpc) is 3.13. The van der Waals surface area contributed by atoms with Gasteiger partial charge in [0.15, 0.2) is 11.5 Å². The van der Waals surface area contributed by atoms with Crippen molar-refractivity contribution in [1.29, 1.82) is 0 Å². The number of nitrogens with one attached hydrogen (secondary N) is 1. The molecule has 0 atom stereocenters. The fourth-order valence-electron chi connectivity index (χ4n) is 2.79. The van der Waals surface area contributed by atoms with E-state index >= 15 is 0 Å². The van der Waals surface area contributed by atoms with Crippen LogP contribution in [-0.4, -0.2) is 30.8 Å². The van der Waals surface area contributed by atoms with Crippen LogP contribution in [0.2, 0.25) is 0 Å². The summed E-state index contributed by atoms with van der Waals surface area (Å²) in [6.07, 6.45) is 1.61. The number of amides is 3. The summed E-state index contributed by atoms with van der Waals surface area (Å²) in [7, 11) is 1.54. The number of ether oxygens (including phenoxy) is 3. The third-order valence-electron chi connectivity index (χ3n) is 4.14. The molecule has 2 aromatic rings. The van der Waals surface area contributed by atoms with Gasteiger partial charge in [-0.2, -0.15) is 0 Å². The summed E-state index contributed by atoms with van der Waals surface area (Å²) in [5.41, 5.74) is 1.33. The first-order chi connectivity index (χ1) is 13.1. The highest BCUT2D eigenvalue weighted by Gasteiger charge is 2.34. The molecule has 0 radical (unpaired) electrons. The van der Waals surface area contributed by atoms with E-state index in [0.717, 1.165) is 4.90 Å². The number of hydrogen-bond acceptors (Lipinski definition) is 6. The Balaban J connectivity index is 1.69. The van der Waals surface area contributed by atoms with E-state index in [2.05, 4.69) is 5.32 Å². The number of methoxy groups -OCH3 is 1. The third kappa shape index (κ3) is 3.11. The quantitative estimate of drug-likeness (QED) is 0.650. The molecule has 7 nitrogen and oxygen atoms in total. The van der Waals surface area contributed by atoms with Crippen LogP contribution < -0.4 is 24.4 Å². The summed E-state index contributed by atoms with van der Waals surface area (Å²) in [5, 5.41) is 2.55. The van der Waals surface area contributed by atoms with Crippen molar-refractivity contribution in [2.75, 3.05) is 18.8 Å². The predicted octanol–water partition coefficient (Wildman–Crippen LogP) is 2.89. The standard InChI is InChI=1S/C19H14N2O5S/c1-24-13-5-3-12(4-6-13)21-18(22)14(17(27)20-19(21)23)8-11-2-7-15-16(9-11)26-10-25-15/h2-9H,10H2,1H3,(H,20,23,27)/b14-8+.